The van der Waals surface area contributed by atoms with Crippen molar-refractivity contribution >= 4 is 29.9 Å². The monoisotopic (exact) mass is 528 g/mol. The van der Waals surface area contributed by atoms with Crippen LogP contribution in [0, 0.1) is 13.8 Å². The number of halogens is 1. The Labute approximate surface area is 195 Å². The van der Waals surface area contributed by atoms with E-state index in [0.717, 1.165) is 67.7 Å². The predicted octanol–water partition coefficient (Wildman–Crippen LogP) is 2.75. The third-order valence-electron chi connectivity index (χ3n) is 4.80. The van der Waals surface area contributed by atoms with Crippen LogP contribution in [0.4, 0.5) is 0 Å². The molecule has 3 heterocycles. The van der Waals surface area contributed by atoms with Crippen molar-refractivity contribution < 1.29 is 9.47 Å². The lowest BCUT2D eigenvalue weighted by Gasteiger charge is -2.13. The van der Waals surface area contributed by atoms with Crippen LogP contribution in [0.1, 0.15) is 36.2 Å². The van der Waals surface area contributed by atoms with Gasteiger partial charge in [-0.1, -0.05) is 6.07 Å². The third-order valence-corrected chi connectivity index (χ3v) is 4.80. The highest BCUT2D eigenvalue weighted by Gasteiger charge is 2.14. The zero-order valence-corrected chi connectivity index (χ0v) is 20.4. The van der Waals surface area contributed by atoms with E-state index < -0.39 is 0 Å². The van der Waals surface area contributed by atoms with E-state index in [-0.39, 0.29) is 24.0 Å². The standard InChI is InChI=1S/C21H32N6O2.HI/c1-16-12-17(2)27(26-16)20-8-7-18(13-24-20)14-25-21(22-3)23-9-5-10-28-15-19-6-4-11-29-19;/h7-8,12-13,19H,4-6,9-11,14-15H2,1-3H3,(H2,22,23,25);1H. The molecular weight excluding hydrogens is 495 g/mol. The Hall–Kier alpha value is -1.72. The zero-order chi connectivity index (χ0) is 20.5. The number of ether oxygens (including phenoxy) is 2. The molecule has 1 fully saturated rings. The number of nitrogens with zero attached hydrogens (tertiary/aromatic N) is 4. The molecule has 30 heavy (non-hydrogen) atoms. The first-order valence-electron chi connectivity index (χ1n) is 10.3. The molecule has 1 atom stereocenters. The Kier molecular flexibility index (Phi) is 10.5. The number of rotatable bonds is 9. The Morgan fingerprint density at radius 2 is 2.20 bits per heavy atom. The summed E-state index contributed by atoms with van der Waals surface area (Å²) in [6, 6.07) is 6.08. The van der Waals surface area contributed by atoms with Crippen molar-refractivity contribution in [1.29, 1.82) is 0 Å². The molecule has 166 valence electrons. The van der Waals surface area contributed by atoms with Gasteiger partial charge in [0.25, 0.3) is 0 Å². The Morgan fingerprint density at radius 3 is 2.83 bits per heavy atom. The van der Waals surface area contributed by atoms with E-state index in [0.29, 0.717) is 19.3 Å². The second-order valence-electron chi connectivity index (χ2n) is 7.28. The van der Waals surface area contributed by atoms with E-state index >= 15 is 0 Å². The maximum absolute atomic E-state index is 5.68. The van der Waals surface area contributed by atoms with Crippen LogP contribution >= 0.6 is 24.0 Å². The summed E-state index contributed by atoms with van der Waals surface area (Å²) in [7, 11) is 1.77. The quantitative estimate of drug-likeness (QED) is 0.226. The summed E-state index contributed by atoms with van der Waals surface area (Å²) < 4.78 is 13.1. The van der Waals surface area contributed by atoms with Crippen molar-refractivity contribution in [3.05, 3.63) is 41.3 Å². The molecule has 9 heteroatoms. The van der Waals surface area contributed by atoms with E-state index in [9.17, 15) is 0 Å². The van der Waals surface area contributed by atoms with Crippen molar-refractivity contribution in [1.82, 2.24) is 25.4 Å². The molecule has 0 aromatic carbocycles. The van der Waals surface area contributed by atoms with Gasteiger partial charge in [-0.05, 0) is 50.8 Å². The number of aliphatic imine (C=N–C) groups is 1. The van der Waals surface area contributed by atoms with Gasteiger partial charge in [0.15, 0.2) is 11.8 Å². The number of pyridine rings is 1. The first kappa shape index (κ1) is 24.5. The minimum atomic E-state index is 0. The number of guanidine groups is 1. The van der Waals surface area contributed by atoms with Gasteiger partial charge in [0.05, 0.1) is 18.4 Å². The largest absolute Gasteiger partial charge is 0.379 e. The van der Waals surface area contributed by atoms with E-state index in [2.05, 4.69) is 31.8 Å². The van der Waals surface area contributed by atoms with Crippen LogP contribution in [-0.2, 0) is 16.0 Å². The topological polar surface area (TPSA) is 85.6 Å². The molecule has 1 unspecified atom stereocenters. The maximum Gasteiger partial charge on any atom is 0.191 e. The van der Waals surface area contributed by atoms with E-state index in [1.54, 1.807) is 7.05 Å². The molecule has 0 aliphatic carbocycles. The number of nitrogens with one attached hydrogen (secondary N) is 2. The second-order valence-corrected chi connectivity index (χ2v) is 7.28. The van der Waals surface area contributed by atoms with Crippen molar-refractivity contribution in [3.8, 4) is 5.82 Å². The average Bonchev–Trinajstić information content (AvgIpc) is 3.36. The van der Waals surface area contributed by atoms with Gasteiger partial charge in [0.2, 0.25) is 0 Å². The van der Waals surface area contributed by atoms with Gasteiger partial charge in [0.1, 0.15) is 0 Å². The van der Waals surface area contributed by atoms with Crippen LogP contribution in [0.25, 0.3) is 5.82 Å². The van der Waals surface area contributed by atoms with Crippen LogP contribution in [0.2, 0.25) is 0 Å². The molecule has 0 spiro atoms. The van der Waals surface area contributed by atoms with Gasteiger partial charge in [0, 0.05) is 45.2 Å². The van der Waals surface area contributed by atoms with E-state index in [1.807, 2.05) is 36.9 Å². The number of aromatic nitrogens is 3. The van der Waals surface area contributed by atoms with Crippen molar-refractivity contribution in [2.75, 3.05) is 33.4 Å². The summed E-state index contributed by atoms with van der Waals surface area (Å²) in [6.45, 7) is 7.77. The summed E-state index contributed by atoms with van der Waals surface area (Å²) >= 11 is 0. The lowest BCUT2D eigenvalue weighted by molar-refractivity contribution is 0.0168. The fourth-order valence-electron chi connectivity index (χ4n) is 3.29. The highest BCUT2D eigenvalue weighted by molar-refractivity contribution is 14.0. The summed E-state index contributed by atoms with van der Waals surface area (Å²) in [5, 5.41) is 11.1. The van der Waals surface area contributed by atoms with Crippen molar-refractivity contribution in [2.24, 2.45) is 4.99 Å². The van der Waals surface area contributed by atoms with Crippen molar-refractivity contribution in [2.45, 2.75) is 45.8 Å². The fourth-order valence-corrected chi connectivity index (χ4v) is 3.29. The Morgan fingerprint density at radius 1 is 1.33 bits per heavy atom. The lowest BCUT2D eigenvalue weighted by atomic mass is 10.2. The van der Waals surface area contributed by atoms with Gasteiger partial charge >= 0.3 is 0 Å². The van der Waals surface area contributed by atoms with Gasteiger partial charge in [-0.3, -0.25) is 4.99 Å². The normalized spacial score (nSPS) is 16.4. The Balaban J connectivity index is 0.00000320. The maximum atomic E-state index is 5.68. The minimum Gasteiger partial charge on any atom is -0.379 e. The first-order valence-corrected chi connectivity index (χ1v) is 10.3. The van der Waals surface area contributed by atoms with Crippen molar-refractivity contribution in [3.63, 3.8) is 0 Å². The molecule has 0 amide bonds. The molecule has 1 saturated heterocycles. The number of hydrogen-bond donors (Lipinski definition) is 2. The smallest absolute Gasteiger partial charge is 0.191 e. The highest BCUT2D eigenvalue weighted by atomic mass is 127. The lowest BCUT2D eigenvalue weighted by Crippen LogP contribution is -2.37. The summed E-state index contributed by atoms with van der Waals surface area (Å²) in [5.41, 5.74) is 3.14. The summed E-state index contributed by atoms with van der Waals surface area (Å²) in [6.07, 6.45) is 5.35. The molecule has 2 aromatic rings. The SMILES string of the molecule is CN=C(NCCCOCC1CCCO1)NCc1ccc(-n2nc(C)cc2C)nc1.I. The first-order chi connectivity index (χ1) is 14.2. The molecule has 1 aliphatic heterocycles. The van der Waals surface area contributed by atoms with Crippen LogP contribution in [-0.4, -0.2) is 60.2 Å². The third kappa shape index (κ3) is 7.51. The minimum absolute atomic E-state index is 0. The molecule has 0 radical (unpaired) electrons. The molecule has 2 aromatic heterocycles. The molecule has 0 bridgehead atoms. The fraction of sp³-hybridized carbons (Fsp3) is 0.571. The average molecular weight is 528 g/mol. The molecular formula is C21H33IN6O2. The second kappa shape index (κ2) is 12.9. The van der Waals surface area contributed by atoms with Crippen LogP contribution in [0.5, 0.6) is 0 Å². The van der Waals surface area contributed by atoms with Gasteiger partial charge < -0.3 is 20.1 Å². The molecule has 1 aliphatic rings. The molecule has 3 rings (SSSR count). The number of hydrogen-bond acceptors (Lipinski definition) is 5. The summed E-state index contributed by atoms with van der Waals surface area (Å²) in [5.74, 6) is 1.59. The molecule has 2 N–H and O–H groups in total. The van der Waals surface area contributed by atoms with Gasteiger partial charge in [-0.2, -0.15) is 5.10 Å². The zero-order valence-electron chi connectivity index (χ0n) is 18.1. The van der Waals surface area contributed by atoms with Gasteiger partial charge in [-0.15, -0.1) is 24.0 Å². The van der Waals surface area contributed by atoms with E-state index in [1.165, 1.54) is 0 Å². The van der Waals surface area contributed by atoms with Crippen LogP contribution in [0.3, 0.4) is 0 Å². The van der Waals surface area contributed by atoms with Crippen LogP contribution < -0.4 is 10.6 Å². The van der Waals surface area contributed by atoms with Crippen LogP contribution in [0.15, 0.2) is 29.4 Å². The summed E-state index contributed by atoms with van der Waals surface area (Å²) in [4.78, 5) is 8.79. The predicted molar refractivity (Wildman–Crippen MR) is 129 cm³/mol. The van der Waals surface area contributed by atoms with E-state index in [4.69, 9.17) is 9.47 Å². The Bertz CT molecular complexity index is 787. The molecule has 8 nitrogen and oxygen atoms in total. The number of aryl methyl sites for hydroxylation is 2. The van der Waals surface area contributed by atoms with Gasteiger partial charge in [-0.25, -0.2) is 9.67 Å². The molecule has 0 saturated carbocycles. The highest BCUT2D eigenvalue weighted by Crippen LogP contribution is 2.12.